The van der Waals surface area contributed by atoms with Crippen molar-refractivity contribution in [2.45, 2.75) is 31.7 Å². The van der Waals surface area contributed by atoms with Gasteiger partial charge in [0.25, 0.3) is 0 Å². The van der Waals surface area contributed by atoms with Gasteiger partial charge >= 0.3 is 0 Å². The van der Waals surface area contributed by atoms with Crippen molar-refractivity contribution in [1.82, 2.24) is 15.1 Å². The van der Waals surface area contributed by atoms with Crippen molar-refractivity contribution in [2.75, 3.05) is 6.54 Å². The van der Waals surface area contributed by atoms with E-state index in [4.69, 9.17) is 5.73 Å². The summed E-state index contributed by atoms with van der Waals surface area (Å²) in [5.41, 5.74) is 6.89. The highest BCUT2D eigenvalue weighted by atomic mass is 16.1. The quantitative estimate of drug-likeness (QED) is 0.741. The van der Waals surface area contributed by atoms with E-state index in [-0.39, 0.29) is 11.9 Å². The van der Waals surface area contributed by atoms with Crippen molar-refractivity contribution in [3.05, 3.63) is 18.0 Å². The minimum atomic E-state index is 0.0462. The number of aryl methyl sites for hydroxylation is 1. The summed E-state index contributed by atoms with van der Waals surface area (Å²) in [6.07, 6.45) is 5.49. The van der Waals surface area contributed by atoms with Crippen molar-refractivity contribution >= 4 is 5.91 Å². The van der Waals surface area contributed by atoms with E-state index in [0.29, 0.717) is 18.9 Å². The smallest absolute Gasteiger partial charge is 0.221 e. The fraction of sp³-hybridized carbons (Fsp3) is 0.667. The number of carbonyl (C=O) groups excluding carboxylic acids is 1. The Balaban J connectivity index is 1.62. The molecule has 1 heterocycles. The molecule has 0 spiro atoms. The van der Waals surface area contributed by atoms with Gasteiger partial charge in [-0.15, -0.1) is 0 Å². The van der Waals surface area contributed by atoms with Crippen LogP contribution in [0.1, 0.15) is 25.0 Å². The van der Waals surface area contributed by atoms with E-state index < -0.39 is 0 Å². The van der Waals surface area contributed by atoms with Crippen LogP contribution in [0, 0.1) is 5.92 Å². The molecule has 0 radical (unpaired) electrons. The van der Waals surface area contributed by atoms with E-state index in [1.165, 1.54) is 12.8 Å². The normalized spacial score (nSPS) is 16.8. The first-order chi connectivity index (χ1) is 8.15. The molecule has 5 nitrogen and oxygen atoms in total. The first kappa shape index (κ1) is 12.1. The molecular weight excluding hydrogens is 216 g/mol. The molecule has 1 unspecified atom stereocenters. The molecule has 1 fully saturated rings. The van der Waals surface area contributed by atoms with Crippen LogP contribution in [-0.2, 0) is 18.3 Å². The van der Waals surface area contributed by atoms with Crippen molar-refractivity contribution in [1.29, 1.82) is 0 Å². The number of aromatic nitrogens is 2. The number of rotatable bonds is 6. The zero-order chi connectivity index (χ0) is 12.3. The molecule has 17 heavy (non-hydrogen) atoms. The third-order valence-corrected chi connectivity index (χ3v) is 3.12. The molecule has 1 aromatic rings. The molecular formula is C12H20N4O. The molecule has 1 aliphatic carbocycles. The van der Waals surface area contributed by atoms with Gasteiger partial charge in [-0.1, -0.05) is 0 Å². The Kier molecular flexibility index (Phi) is 3.78. The number of amides is 1. The predicted octanol–water partition coefficient (Wildman–Crippen LogP) is 0.206. The maximum atomic E-state index is 11.6. The van der Waals surface area contributed by atoms with Gasteiger partial charge in [0.1, 0.15) is 0 Å². The topological polar surface area (TPSA) is 72.9 Å². The van der Waals surface area contributed by atoms with Gasteiger partial charge < -0.3 is 11.1 Å². The monoisotopic (exact) mass is 236 g/mol. The maximum absolute atomic E-state index is 11.6. The summed E-state index contributed by atoms with van der Waals surface area (Å²) in [4.78, 5) is 11.6. The third kappa shape index (κ3) is 3.85. The van der Waals surface area contributed by atoms with Crippen molar-refractivity contribution in [2.24, 2.45) is 18.7 Å². The van der Waals surface area contributed by atoms with Crippen LogP contribution in [0.25, 0.3) is 0 Å². The van der Waals surface area contributed by atoms with Gasteiger partial charge in [0.15, 0.2) is 0 Å². The Morgan fingerprint density at radius 3 is 3.06 bits per heavy atom. The van der Waals surface area contributed by atoms with Crippen LogP contribution < -0.4 is 11.1 Å². The summed E-state index contributed by atoms with van der Waals surface area (Å²) in [7, 11) is 1.89. The summed E-state index contributed by atoms with van der Waals surface area (Å²) in [6, 6.07) is 2.01. The number of nitrogens with one attached hydrogen (secondary N) is 1. The number of carbonyl (C=O) groups is 1. The van der Waals surface area contributed by atoms with E-state index in [2.05, 4.69) is 10.4 Å². The van der Waals surface area contributed by atoms with Crippen LogP contribution in [0.5, 0.6) is 0 Å². The SMILES string of the molecule is Cn1ccc(CCNC(=O)CC(N)C2CC2)n1. The zero-order valence-corrected chi connectivity index (χ0v) is 10.2. The Morgan fingerprint density at radius 2 is 2.47 bits per heavy atom. The Labute approximate surface area is 101 Å². The van der Waals surface area contributed by atoms with Crippen LogP contribution in [0.4, 0.5) is 0 Å². The number of hydrogen-bond donors (Lipinski definition) is 2. The van der Waals surface area contributed by atoms with E-state index in [9.17, 15) is 4.79 Å². The van der Waals surface area contributed by atoms with Gasteiger partial charge in [0, 0.05) is 38.7 Å². The van der Waals surface area contributed by atoms with E-state index in [1.807, 2.05) is 19.3 Å². The maximum Gasteiger partial charge on any atom is 0.221 e. The number of nitrogens with zero attached hydrogens (tertiary/aromatic N) is 2. The molecule has 0 saturated heterocycles. The van der Waals surface area contributed by atoms with Gasteiger partial charge in [0.05, 0.1) is 5.69 Å². The highest BCUT2D eigenvalue weighted by Gasteiger charge is 2.29. The van der Waals surface area contributed by atoms with Crippen LogP contribution >= 0.6 is 0 Å². The molecule has 3 N–H and O–H groups in total. The lowest BCUT2D eigenvalue weighted by Gasteiger charge is -2.09. The molecule has 1 aromatic heterocycles. The molecule has 1 aliphatic rings. The molecule has 94 valence electrons. The highest BCUT2D eigenvalue weighted by Crippen LogP contribution is 2.32. The van der Waals surface area contributed by atoms with E-state index in [0.717, 1.165) is 12.1 Å². The molecule has 1 saturated carbocycles. The summed E-state index contributed by atoms with van der Waals surface area (Å²) in [6.45, 7) is 0.632. The van der Waals surface area contributed by atoms with Crippen molar-refractivity contribution in [3.8, 4) is 0 Å². The fourth-order valence-electron chi connectivity index (χ4n) is 1.90. The van der Waals surface area contributed by atoms with Crippen LogP contribution in [0.3, 0.4) is 0 Å². The molecule has 2 rings (SSSR count). The lowest BCUT2D eigenvalue weighted by Crippen LogP contribution is -2.33. The number of hydrogen-bond acceptors (Lipinski definition) is 3. The molecule has 0 aromatic carbocycles. The largest absolute Gasteiger partial charge is 0.356 e. The Hall–Kier alpha value is -1.36. The standard InChI is InChI=1S/C12H20N4O/c1-16-7-5-10(15-16)4-6-14-12(17)8-11(13)9-2-3-9/h5,7,9,11H,2-4,6,8,13H2,1H3,(H,14,17). The van der Waals surface area contributed by atoms with Gasteiger partial charge in [-0.05, 0) is 24.8 Å². The predicted molar refractivity (Wildman–Crippen MR) is 65.2 cm³/mol. The molecule has 1 amide bonds. The molecule has 0 bridgehead atoms. The van der Waals surface area contributed by atoms with Gasteiger partial charge in [-0.2, -0.15) is 5.10 Å². The fourth-order valence-corrected chi connectivity index (χ4v) is 1.90. The van der Waals surface area contributed by atoms with Crippen LogP contribution in [0.15, 0.2) is 12.3 Å². The zero-order valence-electron chi connectivity index (χ0n) is 10.2. The summed E-state index contributed by atoms with van der Waals surface area (Å²) >= 11 is 0. The van der Waals surface area contributed by atoms with Gasteiger partial charge in [0.2, 0.25) is 5.91 Å². The van der Waals surface area contributed by atoms with Crippen molar-refractivity contribution < 1.29 is 4.79 Å². The molecule has 0 aliphatic heterocycles. The van der Waals surface area contributed by atoms with E-state index >= 15 is 0 Å². The third-order valence-electron chi connectivity index (χ3n) is 3.12. The first-order valence-corrected chi connectivity index (χ1v) is 6.16. The lowest BCUT2D eigenvalue weighted by molar-refractivity contribution is -0.121. The average Bonchev–Trinajstić information content (AvgIpc) is 3.04. The molecule has 5 heteroatoms. The van der Waals surface area contributed by atoms with E-state index in [1.54, 1.807) is 4.68 Å². The summed E-state index contributed by atoms with van der Waals surface area (Å²) < 4.78 is 1.76. The van der Waals surface area contributed by atoms with Crippen LogP contribution in [-0.4, -0.2) is 28.3 Å². The van der Waals surface area contributed by atoms with Crippen molar-refractivity contribution in [3.63, 3.8) is 0 Å². The summed E-state index contributed by atoms with van der Waals surface area (Å²) in [5.74, 6) is 0.636. The second kappa shape index (κ2) is 5.31. The summed E-state index contributed by atoms with van der Waals surface area (Å²) in [5, 5.41) is 7.13. The second-order valence-corrected chi connectivity index (χ2v) is 4.79. The average molecular weight is 236 g/mol. The lowest BCUT2D eigenvalue weighted by atomic mass is 10.1. The molecule has 1 atom stereocenters. The second-order valence-electron chi connectivity index (χ2n) is 4.79. The highest BCUT2D eigenvalue weighted by molar-refractivity contribution is 5.76. The minimum Gasteiger partial charge on any atom is -0.356 e. The number of nitrogens with two attached hydrogens (primary N) is 1. The Morgan fingerprint density at radius 1 is 1.71 bits per heavy atom. The minimum absolute atomic E-state index is 0.0462. The Bertz CT molecular complexity index is 384. The first-order valence-electron chi connectivity index (χ1n) is 6.16. The van der Waals surface area contributed by atoms with Gasteiger partial charge in [-0.3, -0.25) is 9.48 Å². The van der Waals surface area contributed by atoms with Gasteiger partial charge in [-0.25, -0.2) is 0 Å². The van der Waals surface area contributed by atoms with Crippen LogP contribution in [0.2, 0.25) is 0 Å².